The predicted molar refractivity (Wildman–Crippen MR) is 59.4 cm³/mol. The van der Waals surface area contributed by atoms with Crippen molar-refractivity contribution in [1.82, 2.24) is 5.16 Å². The van der Waals surface area contributed by atoms with E-state index >= 15 is 0 Å². The number of aromatic nitrogens is 1. The number of furan rings is 1. The van der Waals surface area contributed by atoms with Crippen molar-refractivity contribution in [3.63, 3.8) is 0 Å². The first kappa shape index (κ1) is 8.73. The van der Waals surface area contributed by atoms with E-state index in [1.165, 1.54) is 6.26 Å². The fraction of sp³-hybridized carbons (Fsp3) is 0. The van der Waals surface area contributed by atoms with Crippen LogP contribution in [0, 0.1) is 0 Å². The van der Waals surface area contributed by atoms with Crippen LogP contribution in [-0.2, 0) is 0 Å². The van der Waals surface area contributed by atoms with Gasteiger partial charge in [0.15, 0.2) is 5.76 Å². The van der Waals surface area contributed by atoms with Gasteiger partial charge in [0.25, 0.3) is 0 Å². The fourth-order valence-electron chi connectivity index (χ4n) is 1.48. The summed E-state index contributed by atoms with van der Waals surface area (Å²) in [5.74, 6) is 0.719. The summed E-state index contributed by atoms with van der Waals surface area (Å²) in [7, 11) is 0. The molecule has 4 heteroatoms. The van der Waals surface area contributed by atoms with Gasteiger partial charge in [0.05, 0.1) is 0 Å². The van der Waals surface area contributed by atoms with Gasteiger partial charge < -0.3 is 8.94 Å². The summed E-state index contributed by atoms with van der Waals surface area (Å²) in [5.41, 5.74) is 1.55. The molecule has 1 aromatic carbocycles. The van der Waals surface area contributed by atoms with Gasteiger partial charge in [0.1, 0.15) is 17.5 Å². The first-order valence-corrected chi connectivity index (χ1v) is 5.22. The lowest BCUT2D eigenvalue weighted by Crippen LogP contribution is -1.68. The second-order valence-electron chi connectivity index (χ2n) is 3.18. The van der Waals surface area contributed by atoms with E-state index in [1.54, 1.807) is 6.07 Å². The van der Waals surface area contributed by atoms with E-state index in [2.05, 4.69) is 21.1 Å². The molecule has 0 bridgehead atoms. The monoisotopic (exact) mass is 263 g/mol. The van der Waals surface area contributed by atoms with Gasteiger partial charge in [-0.2, -0.15) is 0 Å². The van der Waals surface area contributed by atoms with Crippen LogP contribution in [0.2, 0.25) is 0 Å². The highest BCUT2D eigenvalue weighted by Gasteiger charge is 2.08. The smallest absolute Gasteiger partial charge is 0.157 e. The van der Waals surface area contributed by atoms with Gasteiger partial charge in [-0.05, 0) is 24.3 Å². The molecule has 0 radical (unpaired) electrons. The zero-order valence-corrected chi connectivity index (χ0v) is 9.19. The van der Waals surface area contributed by atoms with Gasteiger partial charge in [-0.3, -0.25) is 0 Å². The molecule has 74 valence electrons. The van der Waals surface area contributed by atoms with Crippen molar-refractivity contribution in [2.45, 2.75) is 0 Å². The molecular formula is C11H6BrNO2. The molecule has 0 unspecified atom stereocenters. The highest BCUT2D eigenvalue weighted by molar-refractivity contribution is 9.10. The van der Waals surface area contributed by atoms with Gasteiger partial charge >= 0.3 is 0 Å². The summed E-state index contributed by atoms with van der Waals surface area (Å²) in [4.78, 5) is 0. The molecule has 0 aliphatic rings. The lowest BCUT2D eigenvalue weighted by Gasteiger charge is -1.88. The Hall–Kier alpha value is -1.55. The molecule has 3 aromatic rings. The molecule has 3 nitrogen and oxygen atoms in total. The van der Waals surface area contributed by atoms with Crippen LogP contribution in [0.4, 0.5) is 0 Å². The predicted octanol–water partition coefficient (Wildman–Crippen LogP) is 3.85. The van der Waals surface area contributed by atoms with Crippen molar-refractivity contribution in [1.29, 1.82) is 0 Å². The molecule has 2 heterocycles. The molecule has 3 rings (SSSR count). The van der Waals surface area contributed by atoms with E-state index in [0.29, 0.717) is 5.69 Å². The summed E-state index contributed by atoms with van der Waals surface area (Å²) in [5, 5.41) is 4.87. The molecule has 0 amide bonds. The normalized spacial score (nSPS) is 11.0. The molecule has 0 spiro atoms. The van der Waals surface area contributed by atoms with Crippen LogP contribution in [0.1, 0.15) is 0 Å². The second kappa shape index (κ2) is 3.24. The first-order valence-electron chi connectivity index (χ1n) is 4.43. The van der Waals surface area contributed by atoms with E-state index in [4.69, 9.17) is 8.94 Å². The van der Waals surface area contributed by atoms with E-state index in [9.17, 15) is 0 Å². The minimum atomic E-state index is 0.710. The molecular weight excluding hydrogens is 258 g/mol. The molecule has 15 heavy (non-hydrogen) atoms. The van der Waals surface area contributed by atoms with Crippen molar-refractivity contribution < 1.29 is 8.94 Å². The van der Waals surface area contributed by atoms with Crippen LogP contribution in [0.25, 0.3) is 22.4 Å². The zero-order chi connectivity index (χ0) is 10.3. The molecule has 0 fully saturated rings. The van der Waals surface area contributed by atoms with Crippen LogP contribution in [0.15, 0.2) is 50.0 Å². The van der Waals surface area contributed by atoms with Crippen molar-refractivity contribution in [2.24, 2.45) is 0 Å². The topological polar surface area (TPSA) is 39.2 Å². The number of benzene rings is 1. The van der Waals surface area contributed by atoms with Gasteiger partial charge in [0.2, 0.25) is 0 Å². The minimum Gasteiger partial charge on any atom is -0.454 e. The maximum atomic E-state index is 5.62. The highest BCUT2D eigenvalue weighted by atomic mass is 79.9. The Morgan fingerprint density at radius 2 is 2.07 bits per heavy atom. The third-order valence-corrected chi connectivity index (χ3v) is 2.66. The lowest BCUT2D eigenvalue weighted by molar-refractivity contribution is 0.420. The maximum absolute atomic E-state index is 5.62. The Balaban J connectivity index is 2.22. The Kier molecular flexibility index (Phi) is 1.89. The summed E-state index contributed by atoms with van der Waals surface area (Å²) in [6, 6.07) is 9.58. The Morgan fingerprint density at radius 1 is 1.13 bits per heavy atom. The van der Waals surface area contributed by atoms with Gasteiger partial charge in [-0.25, -0.2) is 0 Å². The van der Waals surface area contributed by atoms with Crippen molar-refractivity contribution >= 4 is 26.9 Å². The maximum Gasteiger partial charge on any atom is 0.157 e. The SMILES string of the molecule is Brc1ccc2oc(-c3ccon3)cc2c1. The van der Waals surface area contributed by atoms with Gasteiger partial charge in [0, 0.05) is 15.9 Å². The van der Waals surface area contributed by atoms with Crippen molar-refractivity contribution in [2.75, 3.05) is 0 Å². The number of rotatable bonds is 1. The summed E-state index contributed by atoms with van der Waals surface area (Å²) in [6.07, 6.45) is 1.53. The van der Waals surface area contributed by atoms with E-state index in [-0.39, 0.29) is 0 Å². The Labute approximate surface area is 93.8 Å². The number of fused-ring (bicyclic) bond motifs is 1. The van der Waals surface area contributed by atoms with Gasteiger partial charge in [-0.15, -0.1) is 0 Å². The van der Waals surface area contributed by atoms with Crippen LogP contribution in [-0.4, -0.2) is 5.16 Å². The molecule has 0 atom stereocenters. The first-order chi connectivity index (χ1) is 7.33. The largest absolute Gasteiger partial charge is 0.454 e. The zero-order valence-electron chi connectivity index (χ0n) is 7.61. The summed E-state index contributed by atoms with van der Waals surface area (Å²) >= 11 is 3.41. The number of halogens is 1. The molecule has 0 N–H and O–H groups in total. The van der Waals surface area contributed by atoms with Crippen LogP contribution < -0.4 is 0 Å². The van der Waals surface area contributed by atoms with E-state index in [1.807, 2.05) is 24.3 Å². The standard InChI is InChI=1S/C11H6BrNO2/c12-8-1-2-10-7(5-8)6-11(15-10)9-3-4-14-13-9/h1-6H. The van der Waals surface area contributed by atoms with E-state index < -0.39 is 0 Å². The molecule has 0 saturated carbocycles. The van der Waals surface area contributed by atoms with Crippen molar-refractivity contribution in [3.05, 3.63) is 41.1 Å². The summed E-state index contributed by atoms with van der Waals surface area (Å²) in [6.45, 7) is 0. The van der Waals surface area contributed by atoms with E-state index in [0.717, 1.165) is 21.2 Å². The average molecular weight is 264 g/mol. The summed E-state index contributed by atoms with van der Waals surface area (Å²) < 4.78 is 11.4. The quantitative estimate of drug-likeness (QED) is 0.670. The third kappa shape index (κ3) is 1.47. The number of hydrogen-bond donors (Lipinski definition) is 0. The Bertz CT molecular complexity index is 598. The van der Waals surface area contributed by atoms with Gasteiger partial charge in [-0.1, -0.05) is 21.1 Å². The molecule has 2 aromatic heterocycles. The average Bonchev–Trinajstić information content (AvgIpc) is 2.84. The lowest BCUT2D eigenvalue weighted by atomic mass is 10.2. The third-order valence-electron chi connectivity index (χ3n) is 2.17. The molecule has 0 saturated heterocycles. The second-order valence-corrected chi connectivity index (χ2v) is 4.09. The number of hydrogen-bond acceptors (Lipinski definition) is 3. The van der Waals surface area contributed by atoms with Crippen molar-refractivity contribution in [3.8, 4) is 11.5 Å². The fourth-order valence-corrected chi connectivity index (χ4v) is 1.86. The molecule has 0 aliphatic carbocycles. The number of nitrogens with zero attached hydrogens (tertiary/aromatic N) is 1. The highest BCUT2D eigenvalue weighted by Crippen LogP contribution is 2.28. The van der Waals surface area contributed by atoms with Crippen LogP contribution in [0.5, 0.6) is 0 Å². The minimum absolute atomic E-state index is 0.710. The van der Waals surface area contributed by atoms with Crippen LogP contribution in [0.3, 0.4) is 0 Å². The Morgan fingerprint density at radius 3 is 2.87 bits per heavy atom. The molecule has 0 aliphatic heterocycles. The van der Waals surface area contributed by atoms with Crippen LogP contribution >= 0.6 is 15.9 Å².